The highest BCUT2D eigenvalue weighted by atomic mass is 28.3. The number of benzene rings is 1. The van der Waals surface area contributed by atoms with Crippen LogP contribution in [0.3, 0.4) is 0 Å². The van der Waals surface area contributed by atoms with Crippen molar-refractivity contribution in [3.05, 3.63) is 40.8 Å². The van der Waals surface area contributed by atoms with Crippen molar-refractivity contribution < 1.29 is 0 Å². The molecule has 0 bridgehead atoms. The largest absolute Gasteiger partial charge is 0.350 e. The van der Waals surface area contributed by atoms with E-state index in [1.54, 1.807) is 0 Å². The van der Waals surface area contributed by atoms with Crippen molar-refractivity contribution in [2.75, 3.05) is 0 Å². The van der Waals surface area contributed by atoms with Gasteiger partial charge in [0, 0.05) is 22.5 Å². The molecule has 0 amide bonds. The van der Waals surface area contributed by atoms with E-state index in [9.17, 15) is 4.79 Å². The van der Waals surface area contributed by atoms with E-state index >= 15 is 0 Å². The first-order valence-corrected chi connectivity index (χ1v) is 9.61. The number of pyridine rings is 1. The maximum atomic E-state index is 12.0. The lowest BCUT2D eigenvalue weighted by atomic mass is 10.2. The second-order valence-electron chi connectivity index (χ2n) is 5.70. The molecule has 4 heteroatoms. The average molecular weight is 256 g/mol. The Bertz CT molecular complexity index is 793. The van der Waals surface area contributed by atoms with Crippen LogP contribution in [0.2, 0.25) is 19.6 Å². The van der Waals surface area contributed by atoms with Crippen LogP contribution in [0.5, 0.6) is 0 Å². The Balaban J connectivity index is 2.60. The third kappa shape index (κ3) is 1.53. The summed E-state index contributed by atoms with van der Waals surface area (Å²) in [5.41, 5.74) is 1.70. The summed E-state index contributed by atoms with van der Waals surface area (Å²) in [6, 6.07) is 8.10. The molecule has 0 spiro atoms. The summed E-state index contributed by atoms with van der Waals surface area (Å²) in [6.45, 7) is 6.88. The van der Waals surface area contributed by atoms with Crippen molar-refractivity contribution in [2.24, 2.45) is 0 Å². The number of rotatable bonds is 1. The van der Waals surface area contributed by atoms with Gasteiger partial charge in [-0.15, -0.1) is 0 Å². The molecule has 0 unspecified atom stereocenters. The Hall–Kier alpha value is -1.81. The predicted molar refractivity (Wildman–Crippen MR) is 79.4 cm³/mol. The number of fused-ring (bicyclic) bond motifs is 3. The number of aromatic nitrogens is 2. The summed E-state index contributed by atoms with van der Waals surface area (Å²) in [6.07, 6.45) is 1.90. The molecule has 2 heterocycles. The number of para-hydroxylation sites is 1. The van der Waals surface area contributed by atoms with Gasteiger partial charge >= 0.3 is 0 Å². The summed E-state index contributed by atoms with van der Waals surface area (Å²) in [4.78, 5) is 18.1. The minimum absolute atomic E-state index is 0.0387. The molecule has 0 aliphatic carbocycles. The van der Waals surface area contributed by atoms with Gasteiger partial charge in [0.15, 0.2) is 0 Å². The summed E-state index contributed by atoms with van der Waals surface area (Å²) in [5, 5.41) is 3.55. The molecule has 2 N–H and O–H groups in total. The first-order valence-electron chi connectivity index (χ1n) is 6.11. The van der Waals surface area contributed by atoms with Gasteiger partial charge in [-0.05, 0) is 11.3 Å². The van der Waals surface area contributed by atoms with Crippen LogP contribution in [0.4, 0.5) is 0 Å². The zero-order valence-electron chi connectivity index (χ0n) is 10.8. The first kappa shape index (κ1) is 11.3. The van der Waals surface area contributed by atoms with Gasteiger partial charge in [0.1, 0.15) is 5.52 Å². The molecule has 0 aliphatic heterocycles. The predicted octanol–water partition coefficient (Wildman–Crippen LogP) is 2.55. The van der Waals surface area contributed by atoms with Crippen LogP contribution < -0.4 is 10.7 Å². The molecular formula is C14H16N2OSi. The van der Waals surface area contributed by atoms with E-state index in [2.05, 4.69) is 35.7 Å². The highest BCUT2D eigenvalue weighted by Gasteiger charge is 2.22. The van der Waals surface area contributed by atoms with E-state index in [0.717, 1.165) is 16.3 Å². The average Bonchev–Trinajstić information content (AvgIpc) is 2.68. The smallest absolute Gasteiger partial charge is 0.272 e. The maximum absolute atomic E-state index is 12.0. The molecular weight excluding hydrogens is 240 g/mol. The fourth-order valence-electron chi connectivity index (χ4n) is 2.47. The number of hydrogen-bond acceptors (Lipinski definition) is 1. The van der Waals surface area contributed by atoms with Crippen LogP contribution in [0.15, 0.2) is 35.3 Å². The topological polar surface area (TPSA) is 48.6 Å². The molecule has 3 aromatic rings. The van der Waals surface area contributed by atoms with Crippen LogP contribution >= 0.6 is 0 Å². The molecule has 0 fully saturated rings. The van der Waals surface area contributed by atoms with E-state index in [1.807, 2.05) is 24.4 Å². The quantitative estimate of drug-likeness (QED) is 0.646. The van der Waals surface area contributed by atoms with Gasteiger partial charge in [-0.3, -0.25) is 4.79 Å². The van der Waals surface area contributed by atoms with Gasteiger partial charge in [-0.25, -0.2) is 0 Å². The molecule has 18 heavy (non-hydrogen) atoms. The van der Waals surface area contributed by atoms with Crippen molar-refractivity contribution in [1.82, 2.24) is 9.97 Å². The Labute approximate surface area is 106 Å². The van der Waals surface area contributed by atoms with E-state index in [0.29, 0.717) is 5.52 Å². The molecule has 0 radical (unpaired) electrons. The van der Waals surface area contributed by atoms with E-state index in [4.69, 9.17) is 0 Å². The molecule has 0 saturated carbocycles. The van der Waals surface area contributed by atoms with Gasteiger partial charge < -0.3 is 9.97 Å². The van der Waals surface area contributed by atoms with E-state index in [1.165, 1.54) is 5.19 Å². The van der Waals surface area contributed by atoms with Gasteiger partial charge in [0.25, 0.3) is 5.56 Å². The van der Waals surface area contributed by atoms with Gasteiger partial charge in [0.2, 0.25) is 0 Å². The fraction of sp³-hybridized carbons (Fsp3) is 0.214. The van der Waals surface area contributed by atoms with Gasteiger partial charge in [-0.2, -0.15) is 0 Å². The normalized spacial score (nSPS) is 12.4. The Morgan fingerprint density at radius 2 is 1.83 bits per heavy atom. The molecule has 0 saturated heterocycles. The monoisotopic (exact) mass is 256 g/mol. The Morgan fingerprint density at radius 3 is 2.56 bits per heavy atom. The van der Waals surface area contributed by atoms with Gasteiger partial charge in [-0.1, -0.05) is 37.8 Å². The van der Waals surface area contributed by atoms with Crippen molar-refractivity contribution in [2.45, 2.75) is 19.6 Å². The highest BCUT2D eigenvalue weighted by Crippen LogP contribution is 2.23. The molecule has 92 valence electrons. The molecule has 3 rings (SSSR count). The Morgan fingerprint density at radius 1 is 1.11 bits per heavy atom. The number of H-pyrrole nitrogens is 2. The Kier molecular flexibility index (Phi) is 2.25. The minimum atomic E-state index is -1.49. The minimum Gasteiger partial charge on any atom is -0.350 e. The third-order valence-corrected chi connectivity index (χ3v) is 5.37. The van der Waals surface area contributed by atoms with Crippen molar-refractivity contribution in [3.63, 3.8) is 0 Å². The highest BCUT2D eigenvalue weighted by molar-refractivity contribution is 6.90. The zero-order valence-corrected chi connectivity index (χ0v) is 11.8. The van der Waals surface area contributed by atoms with Crippen molar-refractivity contribution >= 4 is 35.1 Å². The third-order valence-electron chi connectivity index (χ3n) is 3.36. The van der Waals surface area contributed by atoms with Crippen LogP contribution in [-0.4, -0.2) is 18.0 Å². The van der Waals surface area contributed by atoms with Crippen LogP contribution in [0, 0.1) is 0 Å². The summed E-state index contributed by atoms with van der Waals surface area (Å²) < 4.78 is 0. The number of aromatic amines is 2. The first-order chi connectivity index (χ1) is 8.48. The second-order valence-corrected chi connectivity index (χ2v) is 10.7. The van der Waals surface area contributed by atoms with Crippen LogP contribution in [-0.2, 0) is 0 Å². The van der Waals surface area contributed by atoms with Crippen molar-refractivity contribution in [3.8, 4) is 0 Å². The number of hydrogen-bond donors (Lipinski definition) is 2. The molecule has 3 nitrogen and oxygen atoms in total. The SMILES string of the molecule is C[Si](C)(C)c1c[nH]c(=O)c2[nH]c3ccccc3c12. The second kappa shape index (κ2) is 3.59. The summed E-state index contributed by atoms with van der Waals surface area (Å²) >= 11 is 0. The summed E-state index contributed by atoms with van der Waals surface area (Å²) in [5.74, 6) is 0. The van der Waals surface area contributed by atoms with Crippen LogP contribution in [0.1, 0.15) is 0 Å². The standard InChI is InChI=1S/C14H16N2OSi/c1-18(2,3)11-8-15-14(17)13-12(11)9-6-4-5-7-10(9)16-13/h4-8,16H,1-3H3,(H,15,17). The molecule has 0 atom stereocenters. The lowest BCUT2D eigenvalue weighted by Crippen LogP contribution is -2.39. The van der Waals surface area contributed by atoms with Crippen LogP contribution in [0.25, 0.3) is 21.8 Å². The van der Waals surface area contributed by atoms with E-state index in [-0.39, 0.29) is 5.56 Å². The molecule has 0 aliphatic rings. The van der Waals surface area contributed by atoms with E-state index < -0.39 is 8.07 Å². The zero-order chi connectivity index (χ0) is 12.9. The maximum Gasteiger partial charge on any atom is 0.272 e. The lowest BCUT2D eigenvalue weighted by molar-refractivity contribution is 1.27. The summed E-state index contributed by atoms with van der Waals surface area (Å²) in [7, 11) is -1.49. The molecule has 2 aromatic heterocycles. The van der Waals surface area contributed by atoms with Gasteiger partial charge in [0.05, 0.1) is 8.07 Å². The molecule has 1 aromatic carbocycles. The fourth-order valence-corrected chi connectivity index (χ4v) is 3.98. The van der Waals surface area contributed by atoms with Crippen molar-refractivity contribution in [1.29, 1.82) is 0 Å². The lowest BCUT2D eigenvalue weighted by Gasteiger charge is -2.17. The number of nitrogens with one attached hydrogen (secondary N) is 2.